The molecule has 2 aromatic rings. The number of fused-ring (bicyclic) bond motifs is 3. The molecular formula is C13H15N3O3. The summed E-state index contributed by atoms with van der Waals surface area (Å²) in [5.74, 6) is 0. The fourth-order valence-corrected chi connectivity index (χ4v) is 2.57. The summed E-state index contributed by atoms with van der Waals surface area (Å²) < 4.78 is 7.66. The quantitative estimate of drug-likeness (QED) is 0.863. The zero-order chi connectivity index (χ0) is 13.4. The van der Waals surface area contributed by atoms with E-state index in [-0.39, 0.29) is 12.1 Å². The van der Waals surface area contributed by atoms with Gasteiger partial charge in [0.25, 0.3) is 0 Å². The molecule has 6 heteroatoms. The van der Waals surface area contributed by atoms with Crippen LogP contribution < -0.4 is 5.32 Å². The fourth-order valence-electron chi connectivity index (χ4n) is 2.57. The molecule has 0 aliphatic carbocycles. The predicted molar refractivity (Wildman–Crippen MR) is 69.0 cm³/mol. The molecule has 0 bridgehead atoms. The van der Waals surface area contributed by atoms with Crippen LogP contribution in [0.15, 0.2) is 24.3 Å². The Labute approximate surface area is 110 Å². The van der Waals surface area contributed by atoms with Gasteiger partial charge in [-0.1, -0.05) is 18.2 Å². The number of carboxylic acid groups (broad SMARTS) is 1. The zero-order valence-electron chi connectivity index (χ0n) is 10.5. The van der Waals surface area contributed by atoms with E-state index in [0.717, 1.165) is 16.6 Å². The highest BCUT2D eigenvalue weighted by molar-refractivity contribution is 5.82. The van der Waals surface area contributed by atoms with Crippen LogP contribution in [-0.4, -0.2) is 33.6 Å². The van der Waals surface area contributed by atoms with Crippen LogP contribution in [0.5, 0.6) is 0 Å². The first-order valence-electron chi connectivity index (χ1n) is 6.23. The molecule has 0 saturated heterocycles. The Morgan fingerprint density at radius 2 is 2.37 bits per heavy atom. The van der Waals surface area contributed by atoms with E-state index in [2.05, 4.69) is 10.4 Å². The molecule has 1 aliphatic rings. The number of carbonyl (C=O) groups is 1. The van der Waals surface area contributed by atoms with Crippen molar-refractivity contribution >= 4 is 17.0 Å². The van der Waals surface area contributed by atoms with Crippen molar-refractivity contribution in [3.63, 3.8) is 0 Å². The molecule has 100 valence electrons. The summed E-state index contributed by atoms with van der Waals surface area (Å²) in [6.07, 6.45) is -1.35. The number of aromatic nitrogens is 2. The van der Waals surface area contributed by atoms with Crippen LogP contribution in [0.25, 0.3) is 10.9 Å². The second-order valence-electron chi connectivity index (χ2n) is 4.66. The molecule has 0 spiro atoms. The number of ether oxygens (including phenoxy) is 1. The summed E-state index contributed by atoms with van der Waals surface area (Å²) in [5, 5.41) is 16.8. The number of hydrogen-bond acceptors (Lipinski definition) is 3. The molecule has 6 nitrogen and oxygen atoms in total. The first-order chi connectivity index (χ1) is 9.16. The lowest BCUT2D eigenvalue weighted by Crippen LogP contribution is -2.40. The Morgan fingerprint density at radius 1 is 1.58 bits per heavy atom. The van der Waals surface area contributed by atoms with Gasteiger partial charge in [-0.2, -0.15) is 5.10 Å². The molecule has 2 N–H and O–H groups in total. The molecule has 0 fully saturated rings. The molecule has 1 aliphatic heterocycles. The number of nitrogens with one attached hydrogen (secondary N) is 1. The van der Waals surface area contributed by atoms with Crippen LogP contribution in [0.1, 0.15) is 18.7 Å². The summed E-state index contributed by atoms with van der Waals surface area (Å²) in [6, 6.07) is 7.51. The van der Waals surface area contributed by atoms with Crippen LogP contribution in [0.2, 0.25) is 0 Å². The van der Waals surface area contributed by atoms with Gasteiger partial charge in [0.05, 0.1) is 30.4 Å². The van der Waals surface area contributed by atoms with E-state index in [9.17, 15) is 4.79 Å². The standard InChI is InChI=1S/C13H15N3O3/c1-8(14-13(17)18)12-11-9-4-2-3-5-10(9)15-16(11)6-7-19-12/h2-5,8,12,14H,6-7H2,1H3,(H,17,18)/t8-,12-/m1/s1. The van der Waals surface area contributed by atoms with Crippen molar-refractivity contribution in [1.82, 2.24) is 15.1 Å². The summed E-state index contributed by atoms with van der Waals surface area (Å²) in [6.45, 7) is 3.04. The van der Waals surface area contributed by atoms with E-state index in [1.165, 1.54) is 0 Å². The molecule has 0 radical (unpaired) electrons. The minimum atomic E-state index is -1.04. The maximum atomic E-state index is 10.8. The summed E-state index contributed by atoms with van der Waals surface area (Å²) in [7, 11) is 0. The van der Waals surface area contributed by atoms with Crippen molar-refractivity contribution in [2.75, 3.05) is 6.61 Å². The van der Waals surface area contributed by atoms with Crippen LogP contribution in [-0.2, 0) is 11.3 Å². The zero-order valence-corrected chi connectivity index (χ0v) is 10.5. The van der Waals surface area contributed by atoms with Gasteiger partial charge in [-0.3, -0.25) is 4.68 Å². The highest BCUT2D eigenvalue weighted by atomic mass is 16.5. The number of hydrogen-bond donors (Lipinski definition) is 2. The van der Waals surface area contributed by atoms with Gasteiger partial charge in [0, 0.05) is 5.39 Å². The lowest BCUT2D eigenvalue weighted by atomic mass is 10.0. The minimum absolute atomic E-state index is 0.308. The maximum absolute atomic E-state index is 10.8. The Hall–Kier alpha value is -2.08. The van der Waals surface area contributed by atoms with Gasteiger partial charge in [-0.15, -0.1) is 0 Å². The van der Waals surface area contributed by atoms with Crippen molar-refractivity contribution in [2.24, 2.45) is 0 Å². The summed E-state index contributed by atoms with van der Waals surface area (Å²) >= 11 is 0. The van der Waals surface area contributed by atoms with E-state index in [0.29, 0.717) is 13.2 Å². The molecule has 3 rings (SSSR count). The lowest BCUT2D eigenvalue weighted by Gasteiger charge is -2.29. The number of rotatable bonds is 2. The van der Waals surface area contributed by atoms with Gasteiger partial charge in [0.15, 0.2) is 0 Å². The van der Waals surface area contributed by atoms with E-state index in [4.69, 9.17) is 9.84 Å². The number of amides is 1. The van der Waals surface area contributed by atoms with E-state index < -0.39 is 6.09 Å². The van der Waals surface area contributed by atoms with Gasteiger partial charge in [0.1, 0.15) is 6.10 Å². The van der Waals surface area contributed by atoms with Gasteiger partial charge in [-0.25, -0.2) is 4.79 Å². The first kappa shape index (κ1) is 12.0. The molecule has 0 saturated carbocycles. The van der Waals surface area contributed by atoms with Gasteiger partial charge in [-0.05, 0) is 13.0 Å². The van der Waals surface area contributed by atoms with Crippen LogP contribution in [0.4, 0.5) is 4.79 Å². The summed E-state index contributed by atoms with van der Waals surface area (Å²) in [5.41, 5.74) is 1.86. The van der Waals surface area contributed by atoms with Crippen molar-refractivity contribution in [3.05, 3.63) is 30.0 Å². The Kier molecular flexibility index (Phi) is 2.87. The second kappa shape index (κ2) is 4.55. The van der Waals surface area contributed by atoms with Gasteiger partial charge in [0.2, 0.25) is 0 Å². The smallest absolute Gasteiger partial charge is 0.404 e. The van der Waals surface area contributed by atoms with Crippen molar-refractivity contribution < 1.29 is 14.6 Å². The third-order valence-electron chi connectivity index (χ3n) is 3.36. The average Bonchev–Trinajstić information content (AvgIpc) is 2.76. The summed E-state index contributed by atoms with van der Waals surface area (Å²) in [4.78, 5) is 10.8. The number of benzene rings is 1. The van der Waals surface area contributed by atoms with Crippen molar-refractivity contribution in [3.8, 4) is 0 Å². The maximum Gasteiger partial charge on any atom is 0.404 e. The third kappa shape index (κ3) is 2.04. The van der Waals surface area contributed by atoms with Crippen molar-refractivity contribution in [2.45, 2.75) is 25.6 Å². The minimum Gasteiger partial charge on any atom is -0.465 e. The molecular weight excluding hydrogens is 246 g/mol. The normalized spacial score (nSPS) is 19.9. The van der Waals surface area contributed by atoms with Crippen LogP contribution in [0, 0.1) is 0 Å². The van der Waals surface area contributed by atoms with Gasteiger partial charge < -0.3 is 15.2 Å². The van der Waals surface area contributed by atoms with E-state index >= 15 is 0 Å². The van der Waals surface area contributed by atoms with E-state index in [1.807, 2.05) is 28.9 Å². The fraction of sp³-hybridized carbons (Fsp3) is 0.385. The number of nitrogens with zero attached hydrogens (tertiary/aromatic N) is 2. The second-order valence-corrected chi connectivity index (χ2v) is 4.66. The Balaban J connectivity index is 2.05. The lowest BCUT2D eigenvalue weighted by molar-refractivity contribution is -0.00151. The van der Waals surface area contributed by atoms with Crippen LogP contribution >= 0.6 is 0 Å². The monoisotopic (exact) mass is 261 g/mol. The van der Waals surface area contributed by atoms with Gasteiger partial charge >= 0.3 is 6.09 Å². The molecule has 0 unspecified atom stereocenters. The predicted octanol–water partition coefficient (Wildman–Crippen LogP) is 1.76. The topological polar surface area (TPSA) is 76.4 Å². The largest absolute Gasteiger partial charge is 0.465 e. The molecule has 1 aromatic heterocycles. The molecule has 1 aromatic carbocycles. The van der Waals surface area contributed by atoms with Crippen molar-refractivity contribution in [1.29, 1.82) is 0 Å². The Morgan fingerprint density at radius 3 is 3.16 bits per heavy atom. The highest BCUT2D eigenvalue weighted by Crippen LogP contribution is 2.31. The molecule has 19 heavy (non-hydrogen) atoms. The Bertz CT molecular complexity index is 623. The third-order valence-corrected chi connectivity index (χ3v) is 3.36. The molecule has 2 heterocycles. The highest BCUT2D eigenvalue weighted by Gasteiger charge is 2.30. The SMILES string of the molecule is C[C@@H](NC(=O)O)[C@H]1OCCn2nc3ccccc3c21. The van der Waals surface area contributed by atoms with E-state index in [1.54, 1.807) is 6.92 Å². The molecule has 2 atom stereocenters. The average molecular weight is 261 g/mol. The first-order valence-corrected chi connectivity index (χ1v) is 6.23. The van der Waals surface area contributed by atoms with Crippen LogP contribution in [0.3, 0.4) is 0 Å². The molecule has 1 amide bonds.